The van der Waals surface area contributed by atoms with Crippen LogP contribution in [-0.4, -0.2) is 0 Å². The van der Waals surface area contributed by atoms with Crippen LogP contribution < -0.4 is 0 Å². The van der Waals surface area contributed by atoms with E-state index in [1.54, 1.807) is 0 Å². The number of hydrogen-bond acceptors (Lipinski definition) is 0. The van der Waals surface area contributed by atoms with Crippen molar-refractivity contribution in [2.24, 2.45) is 5.92 Å². The molecule has 0 nitrogen and oxygen atoms in total. The first-order chi connectivity index (χ1) is 33.8. The van der Waals surface area contributed by atoms with Crippen LogP contribution in [0.1, 0.15) is 28.2 Å². The first-order valence-corrected chi connectivity index (χ1v) is 24.0. The van der Waals surface area contributed by atoms with Crippen LogP contribution in [0.25, 0.3) is 117 Å². The van der Waals surface area contributed by atoms with E-state index in [1.165, 1.54) is 144 Å². The lowest BCUT2D eigenvalue weighted by atomic mass is 9.61. The van der Waals surface area contributed by atoms with Gasteiger partial charge in [-0.3, -0.25) is 0 Å². The van der Waals surface area contributed by atoms with E-state index in [0.717, 1.165) is 0 Å². The molecule has 0 N–H and O–H groups in total. The number of benzene rings is 10. The summed E-state index contributed by atoms with van der Waals surface area (Å²) in [5.41, 5.74) is 31.6. The Morgan fingerprint density at radius 1 is 0.294 bits per heavy atom. The quantitative estimate of drug-likeness (QED) is 0.156. The van der Waals surface area contributed by atoms with Crippen LogP contribution in [0.2, 0.25) is 0 Å². The topological polar surface area (TPSA) is 0 Å². The predicted molar refractivity (Wildman–Crippen MR) is 286 cm³/mol. The summed E-state index contributed by atoms with van der Waals surface area (Å²) in [5, 5.41) is 2.78. The Balaban J connectivity index is 1.04. The molecule has 0 heteroatoms. The van der Waals surface area contributed by atoms with Gasteiger partial charge in [0, 0.05) is 11.8 Å². The van der Waals surface area contributed by atoms with Crippen molar-refractivity contribution in [2.75, 3.05) is 0 Å². The summed E-state index contributed by atoms with van der Waals surface area (Å²) in [5.74, 6) is 0.275. The summed E-state index contributed by atoms with van der Waals surface area (Å²) in [4.78, 5) is 0. The molecule has 0 spiro atoms. The lowest BCUT2D eigenvalue weighted by Gasteiger charge is -2.41. The fourth-order valence-corrected chi connectivity index (χ4v) is 12.8. The number of allylic oxidation sites excluding steroid dienone is 8. The van der Waals surface area contributed by atoms with E-state index >= 15 is 0 Å². The van der Waals surface area contributed by atoms with Gasteiger partial charge in [-0.25, -0.2) is 0 Å². The molecule has 10 aromatic rings. The molecule has 2 atom stereocenters. The molecule has 0 bridgehead atoms. The van der Waals surface area contributed by atoms with Gasteiger partial charge in [0.1, 0.15) is 0 Å². The second-order valence-electron chi connectivity index (χ2n) is 18.9. The van der Waals surface area contributed by atoms with E-state index in [-0.39, 0.29) is 11.8 Å². The van der Waals surface area contributed by atoms with Crippen molar-refractivity contribution in [1.82, 2.24) is 0 Å². The summed E-state index contributed by atoms with van der Waals surface area (Å²) in [6, 6.07) is 81.3. The molecule has 5 aliphatic carbocycles. The Labute approximate surface area is 396 Å². The molecular weight excluding hydrogens is 817 g/mol. The van der Waals surface area contributed by atoms with Gasteiger partial charge in [0.15, 0.2) is 0 Å². The third kappa shape index (κ3) is 5.26. The van der Waals surface area contributed by atoms with Gasteiger partial charge in [0.2, 0.25) is 0 Å². The highest BCUT2D eigenvalue weighted by Gasteiger charge is 2.47. The summed E-state index contributed by atoms with van der Waals surface area (Å²) in [6.45, 7) is 0. The molecule has 68 heavy (non-hydrogen) atoms. The first kappa shape index (κ1) is 37.6. The van der Waals surface area contributed by atoms with Crippen molar-refractivity contribution in [2.45, 2.75) is 5.92 Å². The summed E-state index contributed by atoms with van der Waals surface area (Å²) < 4.78 is 0. The first-order valence-electron chi connectivity index (χ1n) is 24.0. The highest BCUT2D eigenvalue weighted by Crippen LogP contribution is 2.66. The van der Waals surface area contributed by atoms with E-state index in [0.29, 0.717) is 0 Å². The molecule has 5 aliphatic rings. The van der Waals surface area contributed by atoms with Crippen LogP contribution in [-0.2, 0) is 0 Å². The predicted octanol–water partition coefficient (Wildman–Crippen LogP) is 18.0. The number of hydrogen-bond donors (Lipinski definition) is 0. The summed E-state index contributed by atoms with van der Waals surface area (Å²) in [6.07, 6.45) is 10.1. The molecule has 0 heterocycles. The van der Waals surface area contributed by atoms with Crippen molar-refractivity contribution >= 4 is 27.5 Å². The Hall–Kier alpha value is -8.58. The third-order valence-electron chi connectivity index (χ3n) is 15.6. The van der Waals surface area contributed by atoms with E-state index in [4.69, 9.17) is 0 Å². The lowest BCUT2D eigenvalue weighted by Crippen LogP contribution is -2.25. The fourth-order valence-electron chi connectivity index (χ4n) is 12.8. The molecule has 2 unspecified atom stereocenters. The van der Waals surface area contributed by atoms with Crippen molar-refractivity contribution < 1.29 is 0 Å². The molecule has 0 aromatic heterocycles. The minimum absolute atomic E-state index is 0.122. The minimum atomic E-state index is 0.122. The van der Waals surface area contributed by atoms with Crippen molar-refractivity contribution in [1.29, 1.82) is 0 Å². The Kier molecular flexibility index (Phi) is 8.00. The molecule has 0 saturated carbocycles. The SMILES string of the molecule is C1=CC2c3c(-c4cccc(-c5ccccc5)c4)cc4c5c(ccc(c35)C3=CC=C5C(=C1c1c(-c6ccccc6)ccc(-c6ccccc6)c15)C32)-c1c(-c2ccccc2)ccc(-c2ccccc2)c1-4. The molecule has 0 fully saturated rings. The van der Waals surface area contributed by atoms with Crippen LogP contribution in [0.5, 0.6) is 0 Å². The van der Waals surface area contributed by atoms with Gasteiger partial charge in [-0.1, -0.05) is 231 Å². The molecule has 0 radical (unpaired) electrons. The molecule has 10 aromatic carbocycles. The highest BCUT2D eigenvalue weighted by molar-refractivity contribution is 6.26. The largest absolute Gasteiger partial charge is 0.0754 e. The Bertz CT molecular complexity index is 3900. The average Bonchev–Trinajstić information content (AvgIpc) is 3.95. The molecular formula is C68H42. The zero-order valence-corrected chi connectivity index (χ0v) is 37.2. The van der Waals surface area contributed by atoms with Crippen LogP contribution in [0.3, 0.4) is 0 Å². The Morgan fingerprint density at radius 3 is 1.35 bits per heavy atom. The second kappa shape index (κ2) is 14.5. The van der Waals surface area contributed by atoms with Crippen molar-refractivity contribution in [3.8, 4) is 89.0 Å². The standard InChI is InChI=1S/C68H42/c1-6-17-41(18-7-1)46-27-16-28-47(39-46)58-40-59-63-51(45-25-14-5-15-26-45)32-31-50(44-23-12-4-13-24-44)62(63)56-36-34-53-52-33-35-54-60-48(42-19-8-2-9-20-42)29-30-49(43-21-10-3-11-22-43)61(60)55-37-38-57(64(52)65(54)55)66(58)68(53)67(56)59/h1-40,57,64H. The van der Waals surface area contributed by atoms with Gasteiger partial charge in [0.25, 0.3) is 0 Å². The van der Waals surface area contributed by atoms with E-state index < -0.39 is 0 Å². The Morgan fingerprint density at radius 2 is 0.765 bits per heavy atom. The molecule has 0 aliphatic heterocycles. The van der Waals surface area contributed by atoms with Gasteiger partial charge in [-0.2, -0.15) is 0 Å². The molecule has 0 amide bonds. The van der Waals surface area contributed by atoms with Crippen LogP contribution in [0, 0.1) is 5.92 Å². The normalized spacial score (nSPS) is 16.3. The van der Waals surface area contributed by atoms with Gasteiger partial charge in [-0.15, -0.1) is 0 Å². The molecule has 0 saturated heterocycles. The fraction of sp³-hybridized carbons (Fsp3) is 0.0294. The van der Waals surface area contributed by atoms with Gasteiger partial charge in [-0.05, 0) is 156 Å². The summed E-state index contributed by atoms with van der Waals surface area (Å²) in [7, 11) is 0. The van der Waals surface area contributed by atoms with Crippen molar-refractivity contribution in [3.05, 3.63) is 271 Å². The lowest BCUT2D eigenvalue weighted by molar-refractivity contribution is 0.694. The highest BCUT2D eigenvalue weighted by atomic mass is 14.5. The zero-order valence-electron chi connectivity index (χ0n) is 37.2. The zero-order chi connectivity index (χ0) is 44.5. The number of fused-ring (bicyclic) bond motifs is 8. The average molecular weight is 859 g/mol. The second-order valence-corrected chi connectivity index (χ2v) is 18.9. The van der Waals surface area contributed by atoms with Crippen LogP contribution in [0.15, 0.2) is 248 Å². The van der Waals surface area contributed by atoms with Gasteiger partial charge in [0.05, 0.1) is 0 Å². The van der Waals surface area contributed by atoms with Crippen LogP contribution >= 0.6 is 0 Å². The maximum atomic E-state index is 2.60. The number of rotatable bonds is 6. The maximum Gasteiger partial charge on any atom is 0.0212 e. The van der Waals surface area contributed by atoms with E-state index in [2.05, 4.69) is 243 Å². The molecule has 314 valence electrons. The van der Waals surface area contributed by atoms with Crippen molar-refractivity contribution in [3.63, 3.8) is 0 Å². The maximum absolute atomic E-state index is 2.60. The van der Waals surface area contributed by atoms with Gasteiger partial charge < -0.3 is 0 Å². The minimum Gasteiger partial charge on any atom is -0.0754 e. The monoisotopic (exact) mass is 858 g/mol. The molecule has 15 rings (SSSR count). The van der Waals surface area contributed by atoms with E-state index in [9.17, 15) is 0 Å². The van der Waals surface area contributed by atoms with E-state index in [1.807, 2.05) is 0 Å². The van der Waals surface area contributed by atoms with Gasteiger partial charge >= 0.3 is 0 Å². The third-order valence-corrected chi connectivity index (χ3v) is 15.6. The van der Waals surface area contributed by atoms with Crippen LogP contribution in [0.4, 0.5) is 0 Å². The smallest absolute Gasteiger partial charge is 0.0212 e. The summed E-state index contributed by atoms with van der Waals surface area (Å²) >= 11 is 0.